The Kier molecular flexibility index (Phi) is 7.49. The lowest BCUT2D eigenvalue weighted by atomic mass is 10.3. The summed E-state index contributed by atoms with van der Waals surface area (Å²) in [5.74, 6) is -0.934. The number of carboxylic acid groups (broad SMARTS) is 1. The van der Waals surface area contributed by atoms with Gasteiger partial charge in [0.2, 0.25) is 5.91 Å². The first-order valence-corrected chi connectivity index (χ1v) is 5.25. The molecule has 1 amide bonds. The van der Waals surface area contributed by atoms with Gasteiger partial charge in [0.25, 0.3) is 0 Å². The molecule has 0 aromatic heterocycles. The Morgan fingerprint density at radius 3 is 2.25 bits per heavy atom. The van der Waals surface area contributed by atoms with E-state index in [1.807, 2.05) is 23.9 Å². The number of hydrogen-bond donors (Lipinski definition) is 2. The van der Waals surface area contributed by atoms with E-state index in [2.05, 4.69) is 5.32 Å². The Balaban J connectivity index is 4.04. The van der Waals surface area contributed by atoms with Crippen molar-refractivity contribution in [1.82, 2.24) is 15.1 Å². The highest BCUT2D eigenvalue weighted by Crippen LogP contribution is 1.93. The van der Waals surface area contributed by atoms with Crippen LogP contribution >= 0.6 is 0 Å². The van der Waals surface area contributed by atoms with Crippen molar-refractivity contribution in [2.75, 3.05) is 47.3 Å². The van der Waals surface area contributed by atoms with Crippen molar-refractivity contribution in [3.8, 4) is 0 Å². The monoisotopic (exact) mass is 231 g/mol. The molecular formula is C10H21N3O3. The molecule has 0 aliphatic carbocycles. The van der Waals surface area contributed by atoms with Crippen LogP contribution in [0.15, 0.2) is 0 Å². The fourth-order valence-electron chi connectivity index (χ4n) is 1.15. The summed E-state index contributed by atoms with van der Waals surface area (Å²) in [6.45, 7) is 2.14. The molecule has 0 atom stereocenters. The van der Waals surface area contributed by atoms with Crippen molar-refractivity contribution in [2.45, 2.75) is 6.42 Å². The SMILES string of the molecule is CNC(=O)CN(CCC(=O)O)CCN(C)C. The molecule has 94 valence electrons. The van der Waals surface area contributed by atoms with Gasteiger partial charge in [0.15, 0.2) is 0 Å². The van der Waals surface area contributed by atoms with Gasteiger partial charge in [-0.2, -0.15) is 0 Å². The second-order valence-electron chi connectivity index (χ2n) is 3.90. The van der Waals surface area contributed by atoms with Crippen LogP contribution in [0.1, 0.15) is 6.42 Å². The van der Waals surface area contributed by atoms with Gasteiger partial charge in [0, 0.05) is 26.7 Å². The smallest absolute Gasteiger partial charge is 0.304 e. The fraction of sp³-hybridized carbons (Fsp3) is 0.800. The third-order valence-electron chi connectivity index (χ3n) is 2.15. The van der Waals surface area contributed by atoms with Crippen LogP contribution in [0.4, 0.5) is 0 Å². The van der Waals surface area contributed by atoms with E-state index in [1.54, 1.807) is 7.05 Å². The number of likely N-dealkylation sites (N-methyl/N-ethyl adjacent to an activating group) is 2. The van der Waals surface area contributed by atoms with E-state index in [0.29, 0.717) is 13.1 Å². The van der Waals surface area contributed by atoms with E-state index in [1.165, 1.54) is 0 Å². The normalized spacial score (nSPS) is 10.8. The van der Waals surface area contributed by atoms with Crippen LogP contribution in [-0.2, 0) is 9.59 Å². The summed E-state index contributed by atoms with van der Waals surface area (Å²) in [6, 6.07) is 0. The third-order valence-corrected chi connectivity index (χ3v) is 2.15. The van der Waals surface area contributed by atoms with Crippen LogP contribution in [0.5, 0.6) is 0 Å². The molecule has 0 aliphatic rings. The van der Waals surface area contributed by atoms with Crippen LogP contribution in [0.25, 0.3) is 0 Å². The first-order valence-electron chi connectivity index (χ1n) is 5.25. The third kappa shape index (κ3) is 8.19. The summed E-state index contributed by atoms with van der Waals surface area (Å²) in [7, 11) is 5.45. The minimum Gasteiger partial charge on any atom is -0.481 e. The number of aliphatic carboxylic acids is 1. The molecule has 0 saturated carbocycles. The number of rotatable bonds is 8. The second-order valence-corrected chi connectivity index (χ2v) is 3.90. The number of nitrogens with one attached hydrogen (secondary N) is 1. The Morgan fingerprint density at radius 1 is 1.19 bits per heavy atom. The molecule has 0 rings (SSSR count). The zero-order chi connectivity index (χ0) is 12.6. The van der Waals surface area contributed by atoms with Crippen molar-refractivity contribution < 1.29 is 14.7 Å². The number of carboxylic acids is 1. The van der Waals surface area contributed by atoms with Gasteiger partial charge in [-0.05, 0) is 14.1 Å². The molecule has 0 heterocycles. The zero-order valence-electron chi connectivity index (χ0n) is 10.2. The molecule has 0 aromatic carbocycles. The zero-order valence-corrected chi connectivity index (χ0v) is 10.2. The van der Waals surface area contributed by atoms with Crippen LogP contribution in [0.3, 0.4) is 0 Å². The highest BCUT2D eigenvalue weighted by atomic mass is 16.4. The average molecular weight is 231 g/mol. The van der Waals surface area contributed by atoms with Crippen molar-refractivity contribution >= 4 is 11.9 Å². The molecule has 0 aromatic rings. The lowest BCUT2D eigenvalue weighted by Gasteiger charge is -2.22. The highest BCUT2D eigenvalue weighted by molar-refractivity contribution is 5.77. The number of carbonyl (C=O) groups is 2. The summed E-state index contributed by atoms with van der Waals surface area (Å²) in [4.78, 5) is 25.5. The minimum atomic E-state index is -0.841. The molecule has 0 spiro atoms. The summed E-state index contributed by atoms with van der Waals surface area (Å²) in [6.07, 6.45) is 0.0599. The molecule has 6 nitrogen and oxygen atoms in total. The van der Waals surface area contributed by atoms with Crippen molar-refractivity contribution in [3.05, 3.63) is 0 Å². The van der Waals surface area contributed by atoms with E-state index < -0.39 is 5.97 Å². The van der Waals surface area contributed by atoms with Gasteiger partial charge in [-0.25, -0.2) is 0 Å². The van der Waals surface area contributed by atoms with Gasteiger partial charge in [0.1, 0.15) is 0 Å². The molecule has 16 heavy (non-hydrogen) atoms. The number of nitrogens with zero attached hydrogens (tertiary/aromatic N) is 2. The van der Waals surface area contributed by atoms with Crippen LogP contribution in [0.2, 0.25) is 0 Å². The van der Waals surface area contributed by atoms with Crippen LogP contribution in [0, 0.1) is 0 Å². The topological polar surface area (TPSA) is 72.9 Å². The number of amides is 1. The van der Waals surface area contributed by atoms with E-state index in [4.69, 9.17) is 5.11 Å². The van der Waals surface area contributed by atoms with Crippen molar-refractivity contribution in [2.24, 2.45) is 0 Å². The predicted octanol–water partition coefficient (Wildman–Crippen LogP) is -0.929. The number of hydrogen-bond acceptors (Lipinski definition) is 4. The lowest BCUT2D eigenvalue weighted by Crippen LogP contribution is -2.40. The van der Waals surface area contributed by atoms with Gasteiger partial charge >= 0.3 is 5.97 Å². The molecule has 0 fully saturated rings. The molecule has 0 radical (unpaired) electrons. The summed E-state index contributed by atoms with van der Waals surface area (Å²) >= 11 is 0. The molecule has 0 bridgehead atoms. The maximum Gasteiger partial charge on any atom is 0.304 e. The van der Waals surface area contributed by atoms with E-state index in [0.717, 1.165) is 6.54 Å². The largest absolute Gasteiger partial charge is 0.481 e. The Hall–Kier alpha value is -1.14. The maximum atomic E-state index is 11.2. The molecule has 2 N–H and O–H groups in total. The Morgan fingerprint density at radius 2 is 1.81 bits per heavy atom. The predicted molar refractivity (Wildman–Crippen MR) is 61.3 cm³/mol. The summed E-state index contributed by atoms with van der Waals surface area (Å²) in [5.41, 5.74) is 0. The minimum absolute atomic E-state index is 0.0599. The molecular weight excluding hydrogens is 210 g/mol. The van der Waals surface area contributed by atoms with E-state index in [-0.39, 0.29) is 18.9 Å². The van der Waals surface area contributed by atoms with Crippen molar-refractivity contribution in [3.63, 3.8) is 0 Å². The van der Waals surface area contributed by atoms with E-state index in [9.17, 15) is 9.59 Å². The molecule has 0 saturated heterocycles. The van der Waals surface area contributed by atoms with E-state index >= 15 is 0 Å². The molecule has 0 unspecified atom stereocenters. The van der Waals surface area contributed by atoms with Gasteiger partial charge < -0.3 is 15.3 Å². The first kappa shape index (κ1) is 14.9. The average Bonchev–Trinajstić information content (AvgIpc) is 2.21. The summed E-state index contributed by atoms with van der Waals surface area (Å²) in [5, 5.41) is 11.1. The van der Waals surface area contributed by atoms with Crippen molar-refractivity contribution in [1.29, 1.82) is 0 Å². The number of carbonyl (C=O) groups excluding carboxylic acids is 1. The summed E-state index contributed by atoms with van der Waals surface area (Å²) < 4.78 is 0. The Bertz CT molecular complexity index is 231. The van der Waals surface area contributed by atoms with Gasteiger partial charge in [-0.3, -0.25) is 14.5 Å². The van der Waals surface area contributed by atoms with Gasteiger partial charge in [-0.15, -0.1) is 0 Å². The second kappa shape index (κ2) is 8.06. The quantitative estimate of drug-likeness (QED) is 0.565. The van der Waals surface area contributed by atoms with Crippen LogP contribution < -0.4 is 5.32 Å². The fourth-order valence-corrected chi connectivity index (χ4v) is 1.15. The standard InChI is InChI=1S/C10H21N3O3/c1-11-9(14)8-13(5-4-10(15)16)7-6-12(2)3/h4-8H2,1-3H3,(H,11,14)(H,15,16). The maximum absolute atomic E-state index is 11.2. The first-order chi connectivity index (χ1) is 7.45. The van der Waals surface area contributed by atoms with Gasteiger partial charge in [0.05, 0.1) is 13.0 Å². The Labute approximate surface area is 96.2 Å². The molecule has 0 aliphatic heterocycles. The lowest BCUT2D eigenvalue weighted by molar-refractivity contribution is -0.137. The highest BCUT2D eigenvalue weighted by Gasteiger charge is 2.11. The van der Waals surface area contributed by atoms with Gasteiger partial charge in [-0.1, -0.05) is 0 Å². The van der Waals surface area contributed by atoms with Crippen LogP contribution in [-0.4, -0.2) is 74.1 Å². The molecule has 6 heteroatoms.